The number of nitrogens with one attached hydrogen (secondary N) is 2. The van der Waals surface area contributed by atoms with E-state index < -0.39 is 44.4 Å². The van der Waals surface area contributed by atoms with Crippen LogP contribution < -0.4 is 16.6 Å². The molecule has 1 aliphatic rings. The lowest BCUT2D eigenvalue weighted by atomic mass is 10.1. The quantitative estimate of drug-likeness (QED) is 0.230. The summed E-state index contributed by atoms with van der Waals surface area (Å²) in [5.41, 5.74) is 6.07. The second-order valence-corrected chi connectivity index (χ2v) is 8.41. The molecule has 3 heterocycles. The molecule has 0 aliphatic carbocycles. The summed E-state index contributed by atoms with van der Waals surface area (Å²) in [5, 5.41) is 2.89. The molecule has 1 fully saturated rings. The van der Waals surface area contributed by atoms with Crippen LogP contribution in [-0.4, -0.2) is 61.1 Å². The number of H-pyrrole nitrogens is 1. The van der Waals surface area contributed by atoms with Gasteiger partial charge < -0.3 is 30.3 Å². The summed E-state index contributed by atoms with van der Waals surface area (Å²) < 4.78 is 28.7. The van der Waals surface area contributed by atoms with Crippen molar-refractivity contribution in [2.45, 2.75) is 24.9 Å². The fourth-order valence-electron chi connectivity index (χ4n) is 3.55. The van der Waals surface area contributed by atoms with E-state index in [9.17, 15) is 14.2 Å². The summed E-state index contributed by atoms with van der Waals surface area (Å²) in [6.45, 7) is -0.546. The SMILES string of the molecule is CNc1ccccc1C(=O)OC1C[C@H](n2cnc3c(=O)[nH]c(N)nc32)O[C@@H]1COP(=O)(O)O. The number of imidazole rings is 1. The second kappa shape index (κ2) is 8.92. The smallest absolute Gasteiger partial charge is 0.456 e. The van der Waals surface area contributed by atoms with Crippen molar-refractivity contribution in [2.75, 3.05) is 24.7 Å². The van der Waals surface area contributed by atoms with Crippen molar-refractivity contribution in [1.82, 2.24) is 19.5 Å². The van der Waals surface area contributed by atoms with Crippen molar-refractivity contribution in [3.05, 3.63) is 46.5 Å². The number of fused-ring (bicyclic) bond motifs is 1. The minimum absolute atomic E-state index is 0.0270. The maximum Gasteiger partial charge on any atom is 0.469 e. The van der Waals surface area contributed by atoms with Crippen molar-refractivity contribution in [1.29, 1.82) is 0 Å². The maximum atomic E-state index is 12.8. The summed E-state index contributed by atoms with van der Waals surface area (Å²) in [4.78, 5) is 53.5. The Labute approximate surface area is 185 Å². The number of esters is 1. The van der Waals surface area contributed by atoms with Crippen LogP contribution in [0, 0.1) is 0 Å². The van der Waals surface area contributed by atoms with Gasteiger partial charge in [0, 0.05) is 19.2 Å². The summed E-state index contributed by atoms with van der Waals surface area (Å²) in [7, 11) is -3.15. The minimum atomic E-state index is -4.81. The van der Waals surface area contributed by atoms with Crippen molar-refractivity contribution in [3.63, 3.8) is 0 Å². The number of ether oxygens (including phenoxy) is 2. The summed E-state index contributed by atoms with van der Waals surface area (Å²) in [5.74, 6) is -0.787. The molecule has 176 valence electrons. The first kappa shape index (κ1) is 22.9. The molecule has 3 atom stereocenters. The number of carbonyl (C=O) groups excluding carboxylic acids is 1. The number of nitrogen functional groups attached to an aromatic ring is 1. The van der Waals surface area contributed by atoms with Gasteiger partial charge in [0.1, 0.15) is 18.4 Å². The number of rotatable bonds is 7. The van der Waals surface area contributed by atoms with Crippen LogP contribution in [0.4, 0.5) is 11.6 Å². The van der Waals surface area contributed by atoms with Crippen LogP contribution in [0.5, 0.6) is 0 Å². The van der Waals surface area contributed by atoms with Crippen LogP contribution in [0.15, 0.2) is 35.4 Å². The Morgan fingerprint density at radius 3 is 2.91 bits per heavy atom. The monoisotopic (exact) mass is 480 g/mol. The number of nitrogens with zero attached hydrogens (tertiary/aromatic N) is 3. The third kappa shape index (κ3) is 4.89. The van der Waals surface area contributed by atoms with Crippen LogP contribution in [0.25, 0.3) is 11.2 Å². The number of anilines is 2. The second-order valence-electron chi connectivity index (χ2n) is 7.17. The van der Waals surface area contributed by atoms with Gasteiger partial charge >= 0.3 is 13.8 Å². The molecule has 2 aromatic heterocycles. The highest BCUT2D eigenvalue weighted by molar-refractivity contribution is 7.46. The number of carbonyl (C=O) groups is 1. The summed E-state index contributed by atoms with van der Waals surface area (Å²) in [6, 6.07) is 6.69. The molecule has 0 spiro atoms. The minimum Gasteiger partial charge on any atom is -0.456 e. The van der Waals surface area contributed by atoms with E-state index >= 15 is 0 Å². The fraction of sp³-hybridized carbons (Fsp3) is 0.333. The number of benzene rings is 1. The molecule has 14 nitrogen and oxygen atoms in total. The van der Waals surface area contributed by atoms with Crippen molar-refractivity contribution < 1.29 is 33.1 Å². The maximum absolute atomic E-state index is 12.8. The first-order chi connectivity index (χ1) is 15.7. The highest BCUT2D eigenvalue weighted by Crippen LogP contribution is 2.39. The molecule has 1 aromatic carbocycles. The standard InChI is InChI=1S/C18H21N6O8P/c1-20-10-5-3-2-4-9(10)17(26)32-11-6-13(31-12(11)7-30-33(27,28)29)24-8-21-14-15(24)22-18(19)23-16(14)25/h2-5,8,11-13,20H,6-7H2,1H3,(H2,27,28,29)(H3,19,22,23,25)/t11?,12-,13-/m1/s1. The Kier molecular flexibility index (Phi) is 6.19. The van der Waals surface area contributed by atoms with Gasteiger partial charge in [0.05, 0.1) is 18.5 Å². The molecule has 15 heteroatoms. The molecule has 1 unspecified atom stereocenters. The van der Waals surface area contributed by atoms with Gasteiger partial charge in [0.25, 0.3) is 5.56 Å². The number of hydrogen-bond acceptors (Lipinski definition) is 10. The lowest BCUT2D eigenvalue weighted by Crippen LogP contribution is -2.31. The number of phosphoric acid groups is 1. The molecule has 0 amide bonds. The number of phosphoric ester groups is 1. The molecule has 6 N–H and O–H groups in total. The summed E-state index contributed by atoms with van der Waals surface area (Å²) >= 11 is 0. The molecule has 0 bridgehead atoms. The Morgan fingerprint density at radius 2 is 2.18 bits per heavy atom. The van der Waals surface area contributed by atoms with Gasteiger partial charge in [-0.25, -0.2) is 14.3 Å². The predicted molar refractivity (Wildman–Crippen MR) is 114 cm³/mol. The summed E-state index contributed by atoms with van der Waals surface area (Å²) in [6.07, 6.45) is -1.40. The molecule has 3 aromatic rings. The molecule has 0 saturated carbocycles. The topological polar surface area (TPSA) is 204 Å². The number of aromatic nitrogens is 4. The van der Waals surface area contributed by atoms with Crippen LogP contribution in [-0.2, 0) is 18.6 Å². The number of nitrogens with two attached hydrogens (primary N) is 1. The molecule has 4 rings (SSSR count). The van der Waals surface area contributed by atoms with E-state index in [2.05, 4.69) is 24.8 Å². The van der Waals surface area contributed by atoms with Crippen molar-refractivity contribution in [3.8, 4) is 0 Å². The van der Waals surface area contributed by atoms with Gasteiger partial charge in [0.15, 0.2) is 11.2 Å². The molecular formula is C18H21N6O8P. The average Bonchev–Trinajstić information content (AvgIpc) is 3.35. The lowest BCUT2D eigenvalue weighted by molar-refractivity contribution is -0.0490. The van der Waals surface area contributed by atoms with E-state index in [0.717, 1.165) is 0 Å². The van der Waals surface area contributed by atoms with Crippen LogP contribution in [0.1, 0.15) is 23.0 Å². The number of aromatic amines is 1. The average molecular weight is 480 g/mol. The number of para-hydroxylation sites is 1. The Balaban J connectivity index is 1.61. The van der Waals surface area contributed by atoms with Gasteiger partial charge in [-0.05, 0) is 12.1 Å². The first-order valence-corrected chi connectivity index (χ1v) is 11.2. The van der Waals surface area contributed by atoms with Gasteiger partial charge in [-0.15, -0.1) is 0 Å². The highest BCUT2D eigenvalue weighted by Gasteiger charge is 2.41. The normalized spacial score (nSPS) is 20.8. The third-order valence-electron chi connectivity index (χ3n) is 5.02. The van der Waals surface area contributed by atoms with Crippen molar-refractivity contribution >= 4 is 36.6 Å². The van der Waals surface area contributed by atoms with Crippen LogP contribution in [0.2, 0.25) is 0 Å². The zero-order valence-corrected chi connectivity index (χ0v) is 18.1. The predicted octanol–water partition coefficient (Wildman–Crippen LogP) is 0.366. The largest absolute Gasteiger partial charge is 0.469 e. The Hall–Kier alpha value is -3.29. The van der Waals surface area contributed by atoms with Crippen LogP contribution in [0.3, 0.4) is 0 Å². The van der Waals surface area contributed by atoms with Gasteiger partial charge in [0.2, 0.25) is 5.95 Å². The fourth-order valence-corrected chi connectivity index (χ4v) is 3.89. The molecule has 1 saturated heterocycles. The third-order valence-corrected chi connectivity index (χ3v) is 5.51. The van der Waals surface area contributed by atoms with Gasteiger partial charge in [-0.3, -0.25) is 18.9 Å². The van der Waals surface area contributed by atoms with Crippen LogP contribution >= 0.6 is 7.82 Å². The lowest BCUT2D eigenvalue weighted by Gasteiger charge is -2.19. The molecule has 1 aliphatic heterocycles. The molecule has 0 radical (unpaired) electrons. The van der Waals surface area contributed by atoms with E-state index in [1.807, 2.05) is 0 Å². The Bertz CT molecular complexity index is 1290. The van der Waals surface area contributed by atoms with E-state index in [1.165, 1.54) is 10.9 Å². The highest BCUT2D eigenvalue weighted by atomic mass is 31.2. The Morgan fingerprint density at radius 1 is 1.42 bits per heavy atom. The van der Waals surface area contributed by atoms with Gasteiger partial charge in [-0.2, -0.15) is 4.98 Å². The van der Waals surface area contributed by atoms with E-state index in [1.54, 1.807) is 31.3 Å². The zero-order valence-electron chi connectivity index (χ0n) is 17.2. The zero-order chi connectivity index (χ0) is 23.8. The molecule has 33 heavy (non-hydrogen) atoms. The van der Waals surface area contributed by atoms with E-state index in [-0.39, 0.29) is 29.1 Å². The van der Waals surface area contributed by atoms with Gasteiger partial charge in [-0.1, -0.05) is 12.1 Å². The number of hydrogen-bond donors (Lipinski definition) is 5. The first-order valence-electron chi connectivity index (χ1n) is 9.72. The molecular weight excluding hydrogens is 459 g/mol. The van der Waals surface area contributed by atoms with E-state index in [4.69, 9.17) is 25.0 Å². The van der Waals surface area contributed by atoms with E-state index in [0.29, 0.717) is 5.69 Å². The van der Waals surface area contributed by atoms with Crippen molar-refractivity contribution in [2.24, 2.45) is 0 Å².